The Morgan fingerprint density at radius 2 is 2.36 bits per heavy atom. The lowest BCUT2D eigenvalue weighted by atomic mass is 10.2. The highest BCUT2D eigenvalue weighted by molar-refractivity contribution is 5.93. The van der Waals surface area contributed by atoms with Gasteiger partial charge in [-0.1, -0.05) is 6.08 Å². The number of H-pyrrole nitrogens is 1. The zero-order chi connectivity index (χ0) is 10.6. The maximum absolute atomic E-state index is 11.6. The third-order valence-electron chi connectivity index (χ3n) is 1.78. The number of nitrogens with one attached hydrogen (secondary N) is 1. The van der Waals surface area contributed by atoms with E-state index < -0.39 is 0 Å². The van der Waals surface area contributed by atoms with Crippen LogP contribution in [0.5, 0.6) is 0 Å². The van der Waals surface area contributed by atoms with Crippen LogP contribution in [-0.4, -0.2) is 29.4 Å². The molecule has 0 saturated carbocycles. The van der Waals surface area contributed by atoms with Crippen molar-refractivity contribution in [1.29, 1.82) is 0 Å². The average molecular weight is 192 g/mol. The second kappa shape index (κ2) is 4.41. The van der Waals surface area contributed by atoms with Crippen molar-refractivity contribution in [3.63, 3.8) is 0 Å². The number of rotatable bonds is 3. The molecule has 0 saturated heterocycles. The Bertz CT molecular complexity index is 375. The van der Waals surface area contributed by atoms with E-state index >= 15 is 0 Å². The Balaban J connectivity index is 2.84. The molecule has 0 aliphatic carbocycles. The van der Waals surface area contributed by atoms with E-state index in [1.807, 2.05) is 0 Å². The lowest BCUT2D eigenvalue weighted by Gasteiger charge is -2.14. The van der Waals surface area contributed by atoms with Gasteiger partial charge in [0.15, 0.2) is 0 Å². The number of amides is 1. The first-order valence-electron chi connectivity index (χ1n) is 4.20. The van der Waals surface area contributed by atoms with Gasteiger partial charge in [-0.15, -0.1) is 6.58 Å². The molecule has 0 spiro atoms. The molecule has 0 unspecified atom stereocenters. The predicted octanol–water partition coefficient (Wildman–Crippen LogP) is 0.633. The highest BCUT2D eigenvalue weighted by Crippen LogP contribution is 1.99. The van der Waals surface area contributed by atoms with E-state index in [9.17, 15) is 9.59 Å². The molecule has 0 atom stereocenters. The number of carbonyl (C=O) groups excluding carboxylic acids is 1. The van der Waals surface area contributed by atoms with E-state index in [1.165, 1.54) is 23.2 Å². The van der Waals surface area contributed by atoms with Gasteiger partial charge in [-0.3, -0.25) is 9.59 Å². The fourth-order valence-electron chi connectivity index (χ4n) is 1.04. The number of pyridine rings is 1. The molecule has 74 valence electrons. The summed E-state index contributed by atoms with van der Waals surface area (Å²) in [6.45, 7) is 4.02. The molecule has 4 nitrogen and oxygen atoms in total. The predicted molar refractivity (Wildman–Crippen MR) is 54.2 cm³/mol. The molecule has 14 heavy (non-hydrogen) atoms. The van der Waals surface area contributed by atoms with E-state index in [4.69, 9.17) is 0 Å². The summed E-state index contributed by atoms with van der Waals surface area (Å²) in [5.41, 5.74) is 0.252. The third kappa shape index (κ3) is 2.32. The van der Waals surface area contributed by atoms with Gasteiger partial charge in [0, 0.05) is 25.9 Å². The van der Waals surface area contributed by atoms with Gasteiger partial charge in [0.05, 0.1) is 5.56 Å². The van der Waals surface area contributed by atoms with Crippen molar-refractivity contribution in [2.24, 2.45) is 0 Å². The van der Waals surface area contributed by atoms with Crippen molar-refractivity contribution in [2.75, 3.05) is 13.6 Å². The fraction of sp³-hybridized carbons (Fsp3) is 0.200. The maximum Gasteiger partial charge on any atom is 0.255 e. The van der Waals surface area contributed by atoms with E-state index in [1.54, 1.807) is 13.1 Å². The molecule has 0 aliphatic rings. The van der Waals surface area contributed by atoms with E-state index in [-0.39, 0.29) is 11.5 Å². The third-order valence-corrected chi connectivity index (χ3v) is 1.78. The molecule has 1 aromatic heterocycles. The molecule has 1 heterocycles. The summed E-state index contributed by atoms with van der Waals surface area (Å²) in [7, 11) is 1.68. The number of aromatic nitrogens is 1. The first kappa shape index (κ1) is 10.2. The van der Waals surface area contributed by atoms with Crippen LogP contribution < -0.4 is 5.56 Å². The van der Waals surface area contributed by atoms with Crippen LogP contribution in [-0.2, 0) is 0 Å². The first-order valence-corrected chi connectivity index (χ1v) is 4.20. The summed E-state index contributed by atoms with van der Waals surface area (Å²) in [4.78, 5) is 26.3. The summed E-state index contributed by atoms with van der Waals surface area (Å²) in [6, 6.07) is 2.83. The molecule has 1 aromatic rings. The number of likely N-dealkylation sites (N-methyl/N-ethyl adjacent to an activating group) is 1. The fourth-order valence-corrected chi connectivity index (χ4v) is 1.04. The van der Waals surface area contributed by atoms with Crippen LogP contribution in [0.15, 0.2) is 35.8 Å². The molecule has 0 fully saturated rings. The zero-order valence-electron chi connectivity index (χ0n) is 7.99. The van der Waals surface area contributed by atoms with Gasteiger partial charge in [-0.25, -0.2) is 0 Å². The monoisotopic (exact) mass is 192 g/mol. The summed E-state index contributed by atoms with van der Waals surface area (Å²) in [6.07, 6.45) is 3.05. The first-order chi connectivity index (χ1) is 6.65. The van der Waals surface area contributed by atoms with Crippen LogP contribution in [0, 0.1) is 0 Å². The quantitative estimate of drug-likeness (QED) is 0.714. The summed E-state index contributed by atoms with van der Waals surface area (Å²) < 4.78 is 0. The van der Waals surface area contributed by atoms with Crippen LogP contribution in [0.3, 0.4) is 0 Å². The second-order valence-corrected chi connectivity index (χ2v) is 2.92. The van der Waals surface area contributed by atoms with Crippen LogP contribution >= 0.6 is 0 Å². The Morgan fingerprint density at radius 3 is 2.86 bits per heavy atom. The number of nitrogens with zero attached hydrogens (tertiary/aromatic N) is 1. The Kier molecular flexibility index (Phi) is 3.23. The van der Waals surface area contributed by atoms with Gasteiger partial charge in [0.1, 0.15) is 0 Å². The average Bonchev–Trinajstić information content (AvgIpc) is 2.18. The van der Waals surface area contributed by atoms with Crippen LogP contribution in [0.1, 0.15) is 10.4 Å². The SMILES string of the molecule is C=CCN(C)C(=O)c1ccc(=O)[nH]c1. The number of hydrogen-bond acceptors (Lipinski definition) is 2. The topological polar surface area (TPSA) is 53.2 Å². The Hall–Kier alpha value is -1.84. The van der Waals surface area contributed by atoms with Gasteiger partial charge in [-0.2, -0.15) is 0 Å². The van der Waals surface area contributed by atoms with E-state index in [2.05, 4.69) is 11.6 Å². The molecule has 0 aromatic carbocycles. The minimum absolute atomic E-state index is 0.138. The van der Waals surface area contributed by atoms with Crippen LogP contribution in [0.2, 0.25) is 0 Å². The highest BCUT2D eigenvalue weighted by Gasteiger charge is 2.09. The van der Waals surface area contributed by atoms with Gasteiger partial charge in [-0.05, 0) is 6.07 Å². The maximum atomic E-state index is 11.6. The summed E-state index contributed by atoms with van der Waals surface area (Å²) in [5, 5.41) is 0. The minimum Gasteiger partial charge on any atom is -0.338 e. The van der Waals surface area contributed by atoms with Gasteiger partial charge < -0.3 is 9.88 Å². The van der Waals surface area contributed by atoms with Crippen molar-refractivity contribution in [1.82, 2.24) is 9.88 Å². The van der Waals surface area contributed by atoms with Gasteiger partial charge >= 0.3 is 0 Å². The zero-order valence-corrected chi connectivity index (χ0v) is 7.99. The molecule has 0 aliphatic heterocycles. The molecular weight excluding hydrogens is 180 g/mol. The van der Waals surface area contributed by atoms with Gasteiger partial charge in [0.25, 0.3) is 5.91 Å². The summed E-state index contributed by atoms with van der Waals surface area (Å²) >= 11 is 0. The number of carbonyl (C=O) groups is 1. The molecular formula is C10H12N2O2. The number of hydrogen-bond donors (Lipinski definition) is 1. The van der Waals surface area contributed by atoms with Crippen molar-refractivity contribution in [2.45, 2.75) is 0 Å². The van der Waals surface area contributed by atoms with E-state index in [0.29, 0.717) is 12.1 Å². The Morgan fingerprint density at radius 1 is 1.64 bits per heavy atom. The van der Waals surface area contributed by atoms with Crippen LogP contribution in [0.4, 0.5) is 0 Å². The van der Waals surface area contributed by atoms with Gasteiger partial charge in [0.2, 0.25) is 5.56 Å². The molecule has 1 amide bonds. The van der Waals surface area contributed by atoms with Crippen molar-refractivity contribution in [3.05, 3.63) is 46.9 Å². The van der Waals surface area contributed by atoms with Crippen molar-refractivity contribution in [3.8, 4) is 0 Å². The lowest BCUT2D eigenvalue weighted by molar-refractivity contribution is 0.0810. The molecule has 0 radical (unpaired) electrons. The molecule has 4 heteroatoms. The standard InChI is InChI=1S/C10H12N2O2/c1-3-6-12(2)10(14)8-4-5-9(13)11-7-8/h3-5,7H,1,6H2,2H3,(H,11,13). The van der Waals surface area contributed by atoms with Crippen LogP contribution in [0.25, 0.3) is 0 Å². The largest absolute Gasteiger partial charge is 0.338 e. The highest BCUT2D eigenvalue weighted by atomic mass is 16.2. The Labute approximate surface area is 81.9 Å². The molecule has 1 rings (SSSR count). The molecule has 1 N–H and O–H groups in total. The number of aromatic amines is 1. The molecule has 0 bridgehead atoms. The van der Waals surface area contributed by atoms with E-state index in [0.717, 1.165) is 0 Å². The van der Waals surface area contributed by atoms with Crippen molar-refractivity contribution >= 4 is 5.91 Å². The normalized spacial score (nSPS) is 9.50. The second-order valence-electron chi connectivity index (χ2n) is 2.92. The minimum atomic E-state index is -0.215. The smallest absolute Gasteiger partial charge is 0.255 e. The lowest BCUT2D eigenvalue weighted by Crippen LogP contribution is -2.27. The van der Waals surface area contributed by atoms with Crippen molar-refractivity contribution < 1.29 is 4.79 Å². The summed E-state index contributed by atoms with van der Waals surface area (Å²) in [5.74, 6) is -0.138.